The van der Waals surface area contributed by atoms with Gasteiger partial charge in [-0.2, -0.15) is 0 Å². The van der Waals surface area contributed by atoms with Crippen molar-refractivity contribution in [3.05, 3.63) is 17.8 Å². The topological polar surface area (TPSA) is 77.2 Å². The molecule has 19 heavy (non-hydrogen) atoms. The van der Waals surface area contributed by atoms with E-state index in [1.807, 2.05) is 0 Å². The number of ether oxygens (including phenoxy) is 1. The van der Waals surface area contributed by atoms with E-state index in [0.717, 1.165) is 6.54 Å². The zero-order valence-corrected chi connectivity index (χ0v) is 11.5. The Bertz CT molecular complexity index is 470. The van der Waals surface area contributed by atoms with Gasteiger partial charge < -0.3 is 15.8 Å². The van der Waals surface area contributed by atoms with Crippen LogP contribution in [-0.4, -0.2) is 24.1 Å². The Labute approximate surface area is 113 Å². The molecule has 1 saturated carbocycles. The number of nitrogens with one attached hydrogen (secondary N) is 1. The van der Waals surface area contributed by atoms with Crippen LogP contribution in [0.3, 0.4) is 0 Å². The summed E-state index contributed by atoms with van der Waals surface area (Å²) in [4.78, 5) is 15.9. The number of pyridine rings is 1. The quantitative estimate of drug-likeness (QED) is 0.798. The van der Waals surface area contributed by atoms with E-state index in [-0.39, 0.29) is 5.97 Å². The first-order chi connectivity index (χ1) is 9.04. The van der Waals surface area contributed by atoms with Crippen molar-refractivity contribution in [1.29, 1.82) is 0 Å². The van der Waals surface area contributed by atoms with Crippen molar-refractivity contribution in [3.63, 3.8) is 0 Å². The highest BCUT2D eigenvalue weighted by Gasteiger charge is 2.31. The Hall–Kier alpha value is -1.78. The van der Waals surface area contributed by atoms with Crippen LogP contribution in [0.2, 0.25) is 0 Å². The highest BCUT2D eigenvalue weighted by molar-refractivity contribution is 5.96. The van der Waals surface area contributed by atoms with E-state index in [2.05, 4.69) is 17.2 Å². The third-order valence-corrected chi connectivity index (χ3v) is 3.69. The minimum atomic E-state index is -0.363. The third kappa shape index (κ3) is 3.16. The number of aromatic nitrogens is 1. The second-order valence-electron chi connectivity index (χ2n) is 5.39. The number of hydrogen-bond acceptors (Lipinski definition) is 5. The first-order valence-corrected chi connectivity index (χ1v) is 6.70. The van der Waals surface area contributed by atoms with Gasteiger partial charge in [0.25, 0.3) is 0 Å². The van der Waals surface area contributed by atoms with Crippen molar-refractivity contribution in [3.8, 4) is 0 Å². The van der Waals surface area contributed by atoms with Crippen LogP contribution in [0.1, 0.15) is 43.5 Å². The Morgan fingerprint density at radius 3 is 2.89 bits per heavy atom. The molecule has 0 bridgehead atoms. The first-order valence-electron chi connectivity index (χ1n) is 6.70. The summed E-state index contributed by atoms with van der Waals surface area (Å²) in [7, 11) is 0. The maximum absolute atomic E-state index is 11.9. The molecule has 0 atom stereocenters. The summed E-state index contributed by atoms with van der Waals surface area (Å²) in [6.07, 6.45) is 5.32. The fourth-order valence-corrected chi connectivity index (χ4v) is 2.26. The summed E-state index contributed by atoms with van der Waals surface area (Å²) in [5.41, 5.74) is 7.11. The molecule has 5 heteroatoms. The van der Waals surface area contributed by atoms with Gasteiger partial charge in [0.1, 0.15) is 5.82 Å². The summed E-state index contributed by atoms with van der Waals surface area (Å²) < 4.78 is 5.03. The molecule has 0 aromatic carbocycles. The van der Waals surface area contributed by atoms with Crippen molar-refractivity contribution in [2.24, 2.45) is 5.41 Å². The van der Waals surface area contributed by atoms with Crippen LogP contribution in [0.25, 0.3) is 0 Å². The fraction of sp³-hybridized carbons (Fsp3) is 0.571. The summed E-state index contributed by atoms with van der Waals surface area (Å²) >= 11 is 0. The second kappa shape index (κ2) is 5.47. The summed E-state index contributed by atoms with van der Waals surface area (Å²) in [5, 5.41) is 3.30. The summed E-state index contributed by atoms with van der Waals surface area (Å²) in [6.45, 7) is 5.21. The van der Waals surface area contributed by atoms with Crippen LogP contribution < -0.4 is 11.1 Å². The Kier molecular flexibility index (Phi) is 3.93. The predicted octanol–water partition coefficient (Wildman–Crippen LogP) is 2.44. The molecule has 5 nitrogen and oxygen atoms in total. The van der Waals surface area contributed by atoms with E-state index in [1.54, 1.807) is 19.2 Å². The second-order valence-corrected chi connectivity index (χ2v) is 5.39. The number of esters is 1. The Balaban J connectivity index is 2.12. The van der Waals surface area contributed by atoms with Gasteiger partial charge in [-0.25, -0.2) is 9.78 Å². The lowest BCUT2D eigenvalue weighted by Crippen LogP contribution is -2.33. The molecule has 1 aromatic rings. The van der Waals surface area contributed by atoms with E-state index in [0.29, 0.717) is 29.1 Å². The lowest BCUT2D eigenvalue weighted by atomic mass is 9.70. The van der Waals surface area contributed by atoms with E-state index in [1.165, 1.54) is 19.3 Å². The van der Waals surface area contributed by atoms with Gasteiger partial charge in [0.15, 0.2) is 0 Å². The number of carbonyl (C=O) groups is 1. The minimum absolute atomic E-state index is 0.323. The van der Waals surface area contributed by atoms with E-state index >= 15 is 0 Å². The van der Waals surface area contributed by atoms with Gasteiger partial charge in [-0.15, -0.1) is 0 Å². The molecule has 1 aromatic heterocycles. The van der Waals surface area contributed by atoms with E-state index in [4.69, 9.17) is 10.5 Å². The molecule has 1 aliphatic rings. The van der Waals surface area contributed by atoms with Crippen molar-refractivity contribution < 1.29 is 9.53 Å². The normalized spacial score (nSPS) is 16.5. The van der Waals surface area contributed by atoms with Crippen LogP contribution in [-0.2, 0) is 4.74 Å². The molecule has 1 heterocycles. The molecule has 0 aliphatic heterocycles. The lowest BCUT2D eigenvalue weighted by Gasteiger charge is -2.38. The summed E-state index contributed by atoms with van der Waals surface area (Å²) in [6, 6.07) is 1.56. The average molecular weight is 263 g/mol. The van der Waals surface area contributed by atoms with E-state index in [9.17, 15) is 4.79 Å². The van der Waals surface area contributed by atoms with Crippen LogP contribution in [0.15, 0.2) is 12.3 Å². The molecule has 104 valence electrons. The molecule has 1 aliphatic carbocycles. The summed E-state index contributed by atoms with van der Waals surface area (Å²) in [5.74, 6) is -0.0404. The number of rotatable bonds is 5. The van der Waals surface area contributed by atoms with Crippen molar-refractivity contribution in [2.75, 3.05) is 24.2 Å². The molecule has 0 saturated heterocycles. The molecule has 2 rings (SSSR count). The van der Waals surface area contributed by atoms with Gasteiger partial charge in [0.2, 0.25) is 0 Å². The Morgan fingerprint density at radius 1 is 1.58 bits per heavy atom. The van der Waals surface area contributed by atoms with Gasteiger partial charge in [-0.1, -0.05) is 13.3 Å². The highest BCUT2D eigenvalue weighted by Crippen LogP contribution is 2.40. The molecule has 1 fully saturated rings. The zero-order valence-electron chi connectivity index (χ0n) is 11.5. The van der Waals surface area contributed by atoms with Crippen LogP contribution in [0, 0.1) is 5.41 Å². The SMILES string of the molecule is CCOC(=O)c1cc(N)ncc1NCC1(C)CCC1. The molecule has 3 N–H and O–H groups in total. The first kappa shape index (κ1) is 13.6. The van der Waals surface area contributed by atoms with Crippen LogP contribution >= 0.6 is 0 Å². The van der Waals surface area contributed by atoms with Crippen molar-refractivity contribution in [2.45, 2.75) is 33.1 Å². The maximum atomic E-state index is 11.9. The highest BCUT2D eigenvalue weighted by atomic mass is 16.5. The van der Waals surface area contributed by atoms with Crippen molar-refractivity contribution >= 4 is 17.5 Å². The van der Waals surface area contributed by atoms with Gasteiger partial charge >= 0.3 is 5.97 Å². The predicted molar refractivity (Wildman–Crippen MR) is 75.1 cm³/mol. The molecular formula is C14H21N3O2. The number of hydrogen-bond donors (Lipinski definition) is 2. The van der Waals surface area contributed by atoms with Crippen LogP contribution in [0.4, 0.5) is 11.5 Å². The molecular weight excluding hydrogens is 242 g/mol. The van der Waals surface area contributed by atoms with Gasteiger partial charge in [-0.05, 0) is 31.2 Å². The van der Waals surface area contributed by atoms with Gasteiger partial charge in [0, 0.05) is 6.54 Å². The smallest absolute Gasteiger partial charge is 0.340 e. The molecule has 0 unspecified atom stereocenters. The standard InChI is InChI=1S/C14H21N3O2/c1-3-19-13(18)10-7-12(15)16-8-11(10)17-9-14(2)5-4-6-14/h7-8,17H,3-6,9H2,1-2H3,(H2,15,16). The monoisotopic (exact) mass is 263 g/mol. The third-order valence-electron chi connectivity index (χ3n) is 3.69. The Morgan fingerprint density at radius 2 is 2.32 bits per heavy atom. The van der Waals surface area contributed by atoms with Gasteiger partial charge in [-0.3, -0.25) is 0 Å². The van der Waals surface area contributed by atoms with Gasteiger partial charge in [0.05, 0.1) is 24.1 Å². The molecule has 0 radical (unpaired) electrons. The number of carbonyl (C=O) groups excluding carboxylic acids is 1. The zero-order chi connectivity index (χ0) is 13.9. The van der Waals surface area contributed by atoms with Crippen molar-refractivity contribution in [1.82, 2.24) is 4.98 Å². The molecule has 0 spiro atoms. The average Bonchev–Trinajstić information content (AvgIpc) is 2.35. The number of nitrogen functional groups attached to an aromatic ring is 1. The number of anilines is 2. The largest absolute Gasteiger partial charge is 0.462 e. The van der Waals surface area contributed by atoms with E-state index < -0.39 is 0 Å². The molecule has 0 amide bonds. The maximum Gasteiger partial charge on any atom is 0.340 e. The minimum Gasteiger partial charge on any atom is -0.462 e. The van der Waals surface area contributed by atoms with Crippen LogP contribution in [0.5, 0.6) is 0 Å². The lowest BCUT2D eigenvalue weighted by molar-refractivity contribution is 0.0527. The number of nitrogens with zero attached hydrogens (tertiary/aromatic N) is 1. The fourth-order valence-electron chi connectivity index (χ4n) is 2.26. The number of nitrogens with two attached hydrogens (primary N) is 1.